The van der Waals surface area contributed by atoms with Crippen molar-refractivity contribution in [2.45, 2.75) is 52.2 Å². The first kappa shape index (κ1) is 14.6. The minimum atomic E-state index is -0.441. The molecule has 1 heterocycles. The number of ether oxygens (including phenoxy) is 2. The molecule has 4 atom stereocenters. The SMILES string of the molecule is C[C@H]1[C@@H]2CC(=O)[C@]3(C)C=CCC=C3[C@@]2(C)CCC12OCCO2. The summed E-state index contributed by atoms with van der Waals surface area (Å²) in [5, 5.41) is 0. The van der Waals surface area contributed by atoms with Gasteiger partial charge in [0, 0.05) is 18.8 Å². The Morgan fingerprint density at radius 3 is 2.64 bits per heavy atom. The van der Waals surface area contributed by atoms with Gasteiger partial charge in [-0.25, -0.2) is 0 Å². The third-order valence-corrected chi connectivity index (χ3v) is 6.95. The molecule has 4 rings (SSSR count). The molecule has 0 radical (unpaired) electrons. The van der Waals surface area contributed by atoms with Crippen LogP contribution in [0.15, 0.2) is 23.8 Å². The number of allylic oxidation sites excluding steroid dienone is 4. The van der Waals surface area contributed by atoms with Gasteiger partial charge in [-0.15, -0.1) is 0 Å². The molecule has 0 aromatic carbocycles. The molecule has 1 aliphatic heterocycles. The Kier molecular flexibility index (Phi) is 3.03. The van der Waals surface area contributed by atoms with Crippen molar-refractivity contribution < 1.29 is 14.3 Å². The number of hydrogen-bond acceptors (Lipinski definition) is 3. The average molecular weight is 302 g/mol. The van der Waals surface area contributed by atoms with E-state index in [9.17, 15) is 4.79 Å². The highest BCUT2D eigenvalue weighted by Crippen LogP contribution is 2.63. The molecule has 1 spiro atoms. The first-order valence-corrected chi connectivity index (χ1v) is 8.62. The summed E-state index contributed by atoms with van der Waals surface area (Å²) in [5.74, 6) is 0.495. The van der Waals surface area contributed by atoms with E-state index in [4.69, 9.17) is 9.47 Å². The molecule has 22 heavy (non-hydrogen) atoms. The Morgan fingerprint density at radius 2 is 1.91 bits per heavy atom. The molecule has 4 aliphatic rings. The lowest BCUT2D eigenvalue weighted by Gasteiger charge is -2.58. The Bertz CT molecular complexity index is 569. The van der Waals surface area contributed by atoms with E-state index in [1.807, 2.05) is 0 Å². The molecule has 120 valence electrons. The van der Waals surface area contributed by atoms with Crippen molar-refractivity contribution in [3.05, 3.63) is 23.8 Å². The van der Waals surface area contributed by atoms with E-state index in [0.29, 0.717) is 31.3 Å². The van der Waals surface area contributed by atoms with Gasteiger partial charge in [0.1, 0.15) is 5.78 Å². The van der Waals surface area contributed by atoms with Crippen LogP contribution in [-0.2, 0) is 14.3 Å². The summed E-state index contributed by atoms with van der Waals surface area (Å²) in [6, 6.07) is 0. The number of ketones is 1. The Morgan fingerprint density at radius 1 is 1.18 bits per heavy atom. The van der Waals surface area contributed by atoms with E-state index in [1.54, 1.807) is 0 Å². The average Bonchev–Trinajstić information content (AvgIpc) is 2.97. The van der Waals surface area contributed by atoms with Crippen LogP contribution in [0.4, 0.5) is 0 Å². The number of rotatable bonds is 0. The second-order valence-electron chi connectivity index (χ2n) is 7.91. The monoisotopic (exact) mass is 302 g/mol. The summed E-state index contributed by atoms with van der Waals surface area (Å²) in [6.07, 6.45) is 10.2. The molecule has 3 heteroatoms. The van der Waals surface area contributed by atoms with Crippen LogP contribution in [0.3, 0.4) is 0 Å². The molecular formula is C19H26O3. The van der Waals surface area contributed by atoms with E-state index in [2.05, 4.69) is 39.0 Å². The van der Waals surface area contributed by atoms with Crippen LogP contribution >= 0.6 is 0 Å². The highest BCUT2D eigenvalue weighted by molar-refractivity contribution is 5.92. The van der Waals surface area contributed by atoms with Gasteiger partial charge in [0.05, 0.1) is 18.6 Å². The minimum absolute atomic E-state index is 0.0907. The molecule has 0 N–H and O–H groups in total. The van der Waals surface area contributed by atoms with Crippen LogP contribution in [0.1, 0.15) is 46.5 Å². The number of Topliss-reactive ketones (excluding diaryl/α,β-unsaturated/α-hetero) is 1. The van der Waals surface area contributed by atoms with Crippen LogP contribution in [0.5, 0.6) is 0 Å². The third kappa shape index (κ3) is 1.67. The van der Waals surface area contributed by atoms with Crippen LogP contribution in [0, 0.1) is 22.7 Å². The molecule has 1 saturated heterocycles. The number of fused-ring (bicyclic) bond motifs is 3. The van der Waals surface area contributed by atoms with Crippen molar-refractivity contribution in [2.24, 2.45) is 22.7 Å². The molecule has 0 aromatic rings. The second kappa shape index (κ2) is 4.55. The normalized spacial score (nSPS) is 46.3. The zero-order valence-electron chi connectivity index (χ0n) is 13.9. The quantitative estimate of drug-likeness (QED) is 0.641. The van der Waals surface area contributed by atoms with E-state index in [-0.39, 0.29) is 16.7 Å². The molecule has 3 fully saturated rings. The maximum absolute atomic E-state index is 12.9. The predicted molar refractivity (Wildman–Crippen MR) is 84.2 cm³/mol. The number of carbonyl (C=O) groups excluding carboxylic acids is 1. The summed E-state index contributed by atoms with van der Waals surface area (Å²) in [5.41, 5.74) is 1.06. The fourth-order valence-corrected chi connectivity index (χ4v) is 5.59. The van der Waals surface area contributed by atoms with Gasteiger partial charge in [0.2, 0.25) is 0 Å². The summed E-state index contributed by atoms with van der Waals surface area (Å²) in [4.78, 5) is 12.9. The summed E-state index contributed by atoms with van der Waals surface area (Å²) < 4.78 is 12.0. The molecule has 0 bridgehead atoms. The molecular weight excluding hydrogens is 276 g/mol. The fraction of sp³-hybridized carbons (Fsp3) is 0.737. The van der Waals surface area contributed by atoms with Crippen LogP contribution < -0.4 is 0 Å². The minimum Gasteiger partial charge on any atom is -0.347 e. The molecule has 3 nitrogen and oxygen atoms in total. The Labute approximate surface area is 132 Å². The molecule has 0 aromatic heterocycles. The zero-order valence-corrected chi connectivity index (χ0v) is 13.9. The van der Waals surface area contributed by atoms with Crippen molar-refractivity contribution >= 4 is 5.78 Å². The zero-order chi connectivity index (χ0) is 15.6. The van der Waals surface area contributed by atoms with E-state index >= 15 is 0 Å². The first-order chi connectivity index (χ1) is 10.4. The van der Waals surface area contributed by atoms with Gasteiger partial charge in [-0.2, -0.15) is 0 Å². The van der Waals surface area contributed by atoms with Crippen LogP contribution in [-0.4, -0.2) is 24.8 Å². The standard InChI is InChI=1S/C19H26O3/c1-13-14-12-16(20)18(3)7-5-4-6-15(18)17(14,2)8-9-19(13)21-10-11-22-19/h5-7,13-14H,4,8-12H2,1-3H3/t13-,14-,17-,18+/m0/s1. The van der Waals surface area contributed by atoms with E-state index in [1.165, 1.54) is 5.57 Å². The van der Waals surface area contributed by atoms with Crippen LogP contribution in [0.2, 0.25) is 0 Å². The number of carbonyl (C=O) groups is 1. The summed E-state index contributed by atoms with van der Waals surface area (Å²) >= 11 is 0. The van der Waals surface area contributed by atoms with Crippen molar-refractivity contribution in [3.8, 4) is 0 Å². The predicted octanol–water partition coefficient (Wildman–Crippen LogP) is 3.65. The highest BCUT2D eigenvalue weighted by Gasteiger charge is 2.62. The maximum Gasteiger partial charge on any atom is 0.171 e. The molecule has 0 unspecified atom stereocenters. The van der Waals surface area contributed by atoms with Gasteiger partial charge in [-0.1, -0.05) is 37.6 Å². The smallest absolute Gasteiger partial charge is 0.171 e. The second-order valence-corrected chi connectivity index (χ2v) is 7.91. The van der Waals surface area contributed by atoms with Crippen molar-refractivity contribution in [3.63, 3.8) is 0 Å². The largest absolute Gasteiger partial charge is 0.347 e. The molecule has 2 saturated carbocycles. The van der Waals surface area contributed by atoms with E-state index < -0.39 is 5.79 Å². The van der Waals surface area contributed by atoms with Crippen LogP contribution in [0.25, 0.3) is 0 Å². The van der Waals surface area contributed by atoms with Gasteiger partial charge in [-0.3, -0.25) is 4.79 Å². The van der Waals surface area contributed by atoms with Gasteiger partial charge < -0.3 is 9.47 Å². The first-order valence-electron chi connectivity index (χ1n) is 8.62. The lowest BCUT2D eigenvalue weighted by Crippen LogP contribution is -2.58. The molecule has 0 amide bonds. The molecule has 3 aliphatic carbocycles. The number of hydrogen-bond donors (Lipinski definition) is 0. The summed E-state index contributed by atoms with van der Waals surface area (Å²) in [6.45, 7) is 8.07. The maximum atomic E-state index is 12.9. The Balaban J connectivity index is 1.76. The lowest BCUT2D eigenvalue weighted by atomic mass is 9.47. The van der Waals surface area contributed by atoms with Crippen molar-refractivity contribution in [1.82, 2.24) is 0 Å². The third-order valence-electron chi connectivity index (χ3n) is 6.95. The van der Waals surface area contributed by atoms with E-state index in [0.717, 1.165) is 19.3 Å². The fourth-order valence-electron chi connectivity index (χ4n) is 5.59. The van der Waals surface area contributed by atoms with Gasteiger partial charge in [0.15, 0.2) is 5.79 Å². The van der Waals surface area contributed by atoms with Crippen molar-refractivity contribution in [2.75, 3.05) is 13.2 Å². The highest BCUT2D eigenvalue weighted by atomic mass is 16.7. The lowest BCUT2D eigenvalue weighted by molar-refractivity contribution is -0.241. The van der Waals surface area contributed by atoms with Gasteiger partial charge in [0.25, 0.3) is 0 Å². The summed E-state index contributed by atoms with van der Waals surface area (Å²) in [7, 11) is 0. The Hall–Kier alpha value is -0.930. The van der Waals surface area contributed by atoms with Gasteiger partial charge >= 0.3 is 0 Å². The van der Waals surface area contributed by atoms with Crippen molar-refractivity contribution in [1.29, 1.82) is 0 Å². The topological polar surface area (TPSA) is 35.5 Å². The van der Waals surface area contributed by atoms with Gasteiger partial charge in [-0.05, 0) is 31.1 Å².